The molecule has 6 heteroatoms. The lowest BCUT2D eigenvalue weighted by atomic mass is 10.2. The predicted molar refractivity (Wildman–Crippen MR) is 147 cm³/mol. The fourth-order valence-corrected chi connectivity index (χ4v) is 10.0. The minimum absolute atomic E-state index is 0.658. The minimum Gasteiger partial charge on any atom is -0.540 e. The van der Waals surface area contributed by atoms with E-state index in [4.69, 9.17) is 17.7 Å². The third-order valence-corrected chi connectivity index (χ3v) is 16.8. The lowest BCUT2D eigenvalue weighted by molar-refractivity contribution is 0.489. The molecule has 4 aromatic rings. The molecule has 2 aromatic heterocycles. The third kappa shape index (κ3) is 4.22. The highest BCUT2D eigenvalue weighted by molar-refractivity contribution is 6.74. The van der Waals surface area contributed by atoms with Crippen molar-refractivity contribution in [3.63, 3.8) is 0 Å². The average Bonchev–Trinajstić information content (AvgIpc) is 3.43. The molecule has 0 aliphatic carbocycles. The van der Waals surface area contributed by atoms with Crippen molar-refractivity contribution in [1.29, 1.82) is 0 Å². The van der Waals surface area contributed by atoms with Gasteiger partial charge in [0.25, 0.3) is 16.6 Å². The topological polar surface area (TPSA) is 44.7 Å². The Balaban J connectivity index is 1.98. The standard InChI is InChI=1S/C28H38O4Si2/c1-7-33(8-2,9-3)31-25-21-17-13-15-19-23(21)29-27(25)28-26(32-34(10-4,11-5)12-6)22-18-14-16-20-24(22)30-28/h13-20H,7-12H2,1-6H3. The molecule has 0 saturated heterocycles. The van der Waals surface area contributed by atoms with Crippen molar-refractivity contribution >= 4 is 38.6 Å². The van der Waals surface area contributed by atoms with Crippen molar-refractivity contribution in [3.05, 3.63) is 48.5 Å². The number of hydrogen-bond donors (Lipinski definition) is 0. The molecule has 4 rings (SSSR count). The van der Waals surface area contributed by atoms with Gasteiger partial charge in [-0.25, -0.2) is 0 Å². The molecule has 0 saturated carbocycles. The molecule has 0 N–H and O–H groups in total. The smallest absolute Gasteiger partial charge is 0.250 e. The zero-order valence-electron chi connectivity index (χ0n) is 21.5. The fourth-order valence-electron chi connectivity index (χ4n) is 4.91. The second-order valence-electron chi connectivity index (χ2n) is 9.20. The summed E-state index contributed by atoms with van der Waals surface area (Å²) in [4.78, 5) is 0. The molecule has 0 fully saturated rings. The lowest BCUT2D eigenvalue weighted by Crippen LogP contribution is -2.39. The zero-order chi connectivity index (χ0) is 24.3. The highest BCUT2D eigenvalue weighted by atomic mass is 28.4. The van der Waals surface area contributed by atoms with Crippen LogP contribution in [0.15, 0.2) is 57.4 Å². The van der Waals surface area contributed by atoms with Crippen LogP contribution in [0.2, 0.25) is 36.3 Å². The Morgan fingerprint density at radius 2 is 0.853 bits per heavy atom. The molecule has 0 bridgehead atoms. The van der Waals surface area contributed by atoms with Crippen molar-refractivity contribution in [1.82, 2.24) is 0 Å². The highest BCUT2D eigenvalue weighted by Crippen LogP contribution is 2.49. The summed E-state index contributed by atoms with van der Waals surface area (Å²) in [7, 11) is -3.92. The molecule has 182 valence electrons. The van der Waals surface area contributed by atoms with Gasteiger partial charge in [0.05, 0.1) is 10.8 Å². The van der Waals surface area contributed by atoms with Gasteiger partial charge >= 0.3 is 0 Å². The molecule has 0 aliphatic rings. The number of fused-ring (bicyclic) bond motifs is 2. The van der Waals surface area contributed by atoms with Crippen LogP contribution in [0.25, 0.3) is 33.5 Å². The SMILES string of the molecule is CC[Si](CC)(CC)Oc1c(-c2oc3ccccc3c2O[Si](CC)(CC)CC)oc2ccccc12. The summed E-state index contributed by atoms with van der Waals surface area (Å²) >= 11 is 0. The monoisotopic (exact) mass is 494 g/mol. The maximum absolute atomic E-state index is 6.99. The molecule has 34 heavy (non-hydrogen) atoms. The molecule has 0 atom stereocenters. The van der Waals surface area contributed by atoms with Gasteiger partial charge in [0, 0.05) is 0 Å². The summed E-state index contributed by atoms with van der Waals surface area (Å²) in [5, 5.41) is 2.00. The minimum atomic E-state index is -1.96. The Kier molecular flexibility index (Phi) is 7.29. The quantitative estimate of drug-likeness (QED) is 0.195. The Hall–Kier alpha value is -2.45. The van der Waals surface area contributed by atoms with Gasteiger partial charge in [-0.3, -0.25) is 0 Å². The molecule has 2 aromatic carbocycles. The third-order valence-electron chi connectivity index (χ3n) is 7.81. The summed E-state index contributed by atoms with van der Waals surface area (Å²) in [6.45, 7) is 13.5. The summed E-state index contributed by atoms with van der Waals surface area (Å²) in [6, 6.07) is 22.6. The number of hydrogen-bond acceptors (Lipinski definition) is 4. The van der Waals surface area contributed by atoms with Gasteiger partial charge in [-0.05, 0) is 60.5 Å². The molecule has 2 heterocycles. The van der Waals surface area contributed by atoms with Crippen LogP contribution in [0.1, 0.15) is 41.5 Å². The van der Waals surface area contributed by atoms with E-state index in [-0.39, 0.29) is 0 Å². The summed E-state index contributed by atoms with van der Waals surface area (Å²) in [5.74, 6) is 2.94. The molecule has 0 aliphatic heterocycles. The van der Waals surface area contributed by atoms with Crippen molar-refractivity contribution in [2.45, 2.75) is 77.8 Å². The first-order valence-electron chi connectivity index (χ1n) is 12.9. The van der Waals surface area contributed by atoms with E-state index >= 15 is 0 Å². The van der Waals surface area contributed by atoms with Gasteiger partial charge in [0.15, 0.2) is 11.5 Å². The van der Waals surface area contributed by atoms with Crippen molar-refractivity contribution in [3.8, 4) is 23.0 Å². The second kappa shape index (κ2) is 10.0. The van der Waals surface area contributed by atoms with E-state index in [1.165, 1.54) is 0 Å². The molecule has 0 spiro atoms. The van der Waals surface area contributed by atoms with E-state index in [1.807, 2.05) is 36.4 Å². The van der Waals surface area contributed by atoms with Crippen LogP contribution in [0.3, 0.4) is 0 Å². The van der Waals surface area contributed by atoms with Gasteiger partial charge in [0.1, 0.15) is 11.2 Å². The molecule has 0 unspecified atom stereocenters. The maximum atomic E-state index is 6.99. The first kappa shape index (κ1) is 24.7. The Morgan fingerprint density at radius 3 is 1.18 bits per heavy atom. The van der Waals surface area contributed by atoms with Gasteiger partial charge in [-0.15, -0.1) is 0 Å². The largest absolute Gasteiger partial charge is 0.540 e. The van der Waals surface area contributed by atoms with Crippen LogP contribution in [0, 0.1) is 0 Å². The molecular formula is C28H38O4Si2. The summed E-state index contributed by atoms with van der Waals surface area (Å²) < 4.78 is 27.0. The first-order chi connectivity index (χ1) is 16.5. The number of furan rings is 2. The van der Waals surface area contributed by atoms with E-state index in [2.05, 4.69) is 53.7 Å². The number of para-hydroxylation sites is 2. The Bertz CT molecular complexity index is 1130. The Morgan fingerprint density at radius 1 is 0.529 bits per heavy atom. The molecule has 4 nitrogen and oxygen atoms in total. The average molecular weight is 495 g/mol. The predicted octanol–water partition coefficient (Wildman–Crippen LogP) is 9.61. The van der Waals surface area contributed by atoms with E-state index in [0.717, 1.165) is 69.7 Å². The van der Waals surface area contributed by atoms with Gasteiger partial charge < -0.3 is 17.7 Å². The second-order valence-corrected chi connectivity index (χ2v) is 18.6. The highest BCUT2D eigenvalue weighted by Gasteiger charge is 2.37. The molecule has 0 amide bonds. The van der Waals surface area contributed by atoms with Crippen LogP contribution < -0.4 is 8.85 Å². The zero-order valence-corrected chi connectivity index (χ0v) is 23.5. The van der Waals surface area contributed by atoms with E-state index in [0.29, 0.717) is 11.5 Å². The van der Waals surface area contributed by atoms with Crippen LogP contribution in [-0.2, 0) is 0 Å². The molecule has 0 radical (unpaired) electrons. The molecular weight excluding hydrogens is 456 g/mol. The number of benzene rings is 2. The van der Waals surface area contributed by atoms with Gasteiger partial charge in [0.2, 0.25) is 11.5 Å². The van der Waals surface area contributed by atoms with Crippen LogP contribution in [0.5, 0.6) is 11.5 Å². The maximum Gasteiger partial charge on any atom is 0.250 e. The van der Waals surface area contributed by atoms with E-state index in [1.54, 1.807) is 0 Å². The van der Waals surface area contributed by atoms with Crippen LogP contribution in [0.4, 0.5) is 0 Å². The van der Waals surface area contributed by atoms with Gasteiger partial charge in [-0.1, -0.05) is 65.8 Å². The van der Waals surface area contributed by atoms with Crippen molar-refractivity contribution in [2.24, 2.45) is 0 Å². The van der Waals surface area contributed by atoms with Crippen LogP contribution >= 0.6 is 0 Å². The lowest BCUT2D eigenvalue weighted by Gasteiger charge is -2.30. The Labute approximate surface area is 205 Å². The number of rotatable bonds is 11. The first-order valence-corrected chi connectivity index (χ1v) is 18.0. The van der Waals surface area contributed by atoms with Crippen LogP contribution in [-0.4, -0.2) is 16.6 Å². The summed E-state index contributed by atoms with van der Waals surface area (Å²) in [6.07, 6.45) is 0. The normalized spacial score (nSPS) is 12.5. The fraction of sp³-hybridized carbons (Fsp3) is 0.429. The van der Waals surface area contributed by atoms with E-state index < -0.39 is 16.6 Å². The van der Waals surface area contributed by atoms with E-state index in [9.17, 15) is 0 Å². The van der Waals surface area contributed by atoms with Crippen molar-refractivity contribution < 1.29 is 17.7 Å². The van der Waals surface area contributed by atoms with Crippen molar-refractivity contribution in [2.75, 3.05) is 0 Å². The van der Waals surface area contributed by atoms with Gasteiger partial charge in [-0.2, -0.15) is 0 Å². The summed E-state index contributed by atoms with van der Waals surface area (Å²) in [5.41, 5.74) is 1.63.